The highest BCUT2D eigenvalue weighted by atomic mass is 16.4. The second-order valence-corrected chi connectivity index (χ2v) is 2.48. The minimum atomic E-state index is -1.24. The molecule has 0 saturated carbocycles. The molecule has 0 spiro atoms. The van der Waals surface area contributed by atoms with Crippen LogP contribution >= 0.6 is 0 Å². The number of hydrogen-bond acceptors (Lipinski definition) is 4. The Morgan fingerprint density at radius 2 is 2.15 bits per heavy atom. The lowest BCUT2D eigenvalue weighted by molar-refractivity contribution is 0.0693. The normalized spacial score (nSPS) is 9.62. The average molecular weight is 180 g/mol. The molecule has 68 valence electrons. The molecule has 3 N–H and O–H groups in total. The maximum atomic E-state index is 11.0. The third kappa shape index (κ3) is 1.64. The first-order valence-electron chi connectivity index (χ1n) is 3.52. The van der Waals surface area contributed by atoms with Crippen LogP contribution < -0.4 is 5.73 Å². The van der Waals surface area contributed by atoms with Gasteiger partial charge < -0.3 is 10.8 Å². The van der Waals surface area contributed by atoms with Crippen LogP contribution in [0.4, 0.5) is 5.82 Å². The van der Waals surface area contributed by atoms with E-state index in [2.05, 4.69) is 4.98 Å². The summed E-state index contributed by atoms with van der Waals surface area (Å²) < 4.78 is 0. The molecule has 0 bridgehead atoms. The highest BCUT2D eigenvalue weighted by molar-refractivity contribution is 6.07. The smallest absolute Gasteiger partial charge is 0.340 e. The van der Waals surface area contributed by atoms with Crippen molar-refractivity contribution < 1.29 is 14.7 Å². The molecule has 1 aromatic rings. The van der Waals surface area contributed by atoms with Gasteiger partial charge in [-0.15, -0.1) is 0 Å². The minimum Gasteiger partial charge on any atom is -0.478 e. The van der Waals surface area contributed by atoms with Crippen molar-refractivity contribution in [3.63, 3.8) is 0 Å². The van der Waals surface area contributed by atoms with Gasteiger partial charge in [0.15, 0.2) is 5.78 Å². The summed E-state index contributed by atoms with van der Waals surface area (Å²) in [6.07, 6.45) is 1.30. The van der Waals surface area contributed by atoms with Gasteiger partial charge in [0, 0.05) is 11.8 Å². The van der Waals surface area contributed by atoms with Crippen LogP contribution in [0.3, 0.4) is 0 Å². The van der Waals surface area contributed by atoms with Gasteiger partial charge in [0.05, 0.1) is 0 Å². The molecule has 0 unspecified atom stereocenters. The van der Waals surface area contributed by atoms with E-state index in [1.165, 1.54) is 19.2 Å². The van der Waals surface area contributed by atoms with Crippen LogP contribution in [0.2, 0.25) is 0 Å². The van der Waals surface area contributed by atoms with Crippen molar-refractivity contribution >= 4 is 17.6 Å². The van der Waals surface area contributed by atoms with Crippen molar-refractivity contribution in [3.05, 3.63) is 23.4 Å². The molecule has 1 heterocycles. The number of nitrogens with two attached hydrogens (primary N) is 1. The summed E-state index contributed by atoms with van der Waals surface area (Å²) in [5.74, 6) is -1.72. The quantitative estimate of drug-likeness (QED) is 0.648. The lowest BCUT2D eigenvalue weighted by Gasteiger charge is -2.03. The Hall–Kier alpha value is -1.91. The molecule has 5 heteroatoms. The number of rotatable bonds is 2. The maximum absolute atomic E-state index is 11.0. The molecule has 1 rings (SSSR count). The summed E-state index contributed by atoms with van der Waals surface area (Å²) in [5.41, 5.74) is 5.17. The highest BCUT2D eigenvalue weighted by Gasteiger charge is 2.17. The van der Waals surface area contributed by atoms with Gasteiger partial charge in [-0.2, -0.15) is 0 Å². The number of Topliss-reactive ketones (excluding diaryl/α,β-unsaturated/α-hetero) is 1. The fraction of sp³-hybridized carbons (Fsp3) is 0.125. The number of carboxylic acid groups (broad SMARTS) is 1. The number of nitrogen functional groups attached to an aromatic ring is 1. The van der Waals surface area contributed by atoms with Gasteiger partial charge in [0.25, 0.3) is 0 Å². The van der Waals surface area contributed by atoms with Gasteiger partial charge in [-0.3, -0.25) is 4.79 Å². The zero-order chi connectivity index (χ0) is 10.0. The van der Waals surface area contributed by atoms with Crippen LogP contribution in [0, 0.1) is 0 Å². The van der Waals surface area contributed by atoms with E-state index in [9.17, 15) is 9.59 Å². The Morgan fingerprint density at radius 1 is 1.54 bits per heavy atom. The van der Waals surface area contributed by atoms with Crippen molar-refractivity contribution in [1.82, 2.24) is 4.98 Å². The average Bonchev–Trinajstić information content (AvgIpc) is 2.02. The Bertz CT molecular complexity index is 374. The lowest BCUT2D eigenvalue weighted by atomic mass is 10.1. The first kappa shape index (κ1) is 9.18. The predicted octanol–water partition coefficient (Wildman–Crippen LogP) is 0.565. The highest BCUT2D eigenvalue weighted by Crippen LogP contribution is 2.14. The molecule has 0 radical (unpaired) electrons. The summed E-state index contributed by atoms with van der Waals surface area (Å²) in [4.78, 5) is 25.2. The molecule has 0 aliphatic carbocycles. The molecule has 0 amide bonds. The van der Waals surface area contributed by atoms with Crippen molar-refractivity contribution in [3.8, 4) is 0 Å². The van der Waals surface area contributed by atoms with Crippen LogP contribution in [-0.4, -0.2) is 21.8 Å². The number of aromatic nitrogens is 1. The van der Waals surface area contributed by atoms with E-state index in [-0.39, 0.29) is 22.7 Å². The zero-order valence-electron chi connectivity index (χ0n) is 6.94. The zero-order valence-corrected chi connectivity index (χ0v) is 6.94. The summed E-state index contributed by atoms with van der Waals surface area (Å²) in [6, 6.07) is 1.34. The SMILES string of the molecule is CC(=O)c1ccnc(N)c1C(=O)O. The Labute approximate surface area is 74.2 Å². The number of carbonyl (C=O) groups is 2. The van der Waals surface area contributed by atoms with Gasteiger partial charge in [0.1, 0.15) is 11.4 Å². The first-order valence-corrected chi connectivity index (χ1v) is 3.52. The molecular weight excluding hydrogens is 172 g/mol. The fourth-order valence-corrected chi connectivity index (χ4v) is 0.996. The second kappa shape index (κ2) is 3.22. The standard InChI is InChI=1S/C8H8N2O3/c1-4(11)5-2-3-10-7(9)6(5)8(12)13/h2-3H,1H3,(H2,9,10)(H,12,13). The summed E-state index contributed by atoms with van der Waals surface area (Å²) in [5, 5.41) is 8.72. The van der Waals surface area contributed by atoms with Crippen LogP contribution in [0.15, 0.2) is 12.3 Å². The molecule has 0 aliphatic heterocycles. The minimum absolute atomic E-state index is 0.0833. The van der Waals surface area contributed by atoms with Crippen LogP contribution in [0.25, 0.3) is 0 Å². The lowest BCUT2D eigenvalue weighted by Crippen LogP contribution is -2.11. The number of carbonyl (C=O) groups excluding carboxylic acids is 1. The van der Waals surface area contributed by atoms with Crippen LogP contribution in [-0.2, 0) is 0 Å². The van der Waals surface area contributed by atoms with E-state index in [1.807, 2.05) is 0 Å². The molecule has 0 fully saturated rings. The fourth-order valence-electron chi connectivity index (χ4n) is 0.996. The first-order chi connectivity index (χ1) is 6.04. The van der Waals surface area contributed by atoms with Crippen molar-refractivity contribution in [2.45, 2.75) is 6.92 Å². The van der Waals surface area contributed by atoms with Gasteiger partial charge >= 0.3 is 5.97 Å². The number of aromatic carboxylic acids is 1. The number of nitrogens with zero attached hydrogens (tertiary/aromatic N) is 1. The van der Waals surface area contributed by atoms with Gasteiger partial charge in [-0.25, -0.2) is 9.78 Å². The predicted molar refractivity (Wildman–Crippen MR) is 45.6 cm³/mol. The summed E-state index contributed by atoms with van der Waals surface area (Å²) >= 11 is 0. The summed E-state index contributed by atoms with van der Waals surface area (Å²) in [6.45, 7) is 1.28. The number of hydrogen-bond donors (Lipinski definition) is 2. The topological polar surface area (TPSA) is 93.3 Å². The molecule has 0 atom stereocenters. The van der Waals surface area contributed by atoms with Crippen molar-refractivity contribution in [1.29, 1.82) is 0 Å². The third-order valence-electron chi connectivity index (χ3n) is 1.57. The summed E-state index contributed by atoms with van der Waals surface area (Å²) in [7, 11) is 0. The monoisotopic (exact) mass is 180 g/mol. The van der Waals surface area contributed by atoms with Crippen molar-refractivity contribution in [2.24, 2.45) is 0 Å². The molecule has 5 nitrogen and oxygen atoms in total. The largest absolute Gasteiger partial charge is 0.478 e. The number of anilines is 1. The molecule has 0 saturated heterocycles. The Balaban J connectivity index is 3.43. The molecule has 13 heavy (non-hydrogen) atoms. The molecule has 0 aliphatic rings. The molecule has 0 aromatic carbocycles. The van der Waals surface area contributed by atoms with E-state index >= 15 is 0 Å². The number of pyridine rings is 1. The second-order valence-electron chi connectivity index (χ2n) is 2.48. The van der Waals surface area contributed by atoms with Crippen LogP contribution in [0.5, 0.6) is 0 Å². The molecule has 1 aromatic heterocycles. The number of carboxylic acids is 1. The van der Waals surface area contributed by atoms with E-state index < -0.39 is 5.97 Å². The van der Waals surface area contributed by atoms with Crippen molar-refractivity contribution in [2.75, 3.05) is 5.73 Å². The molecular formula is C8H8N2O3. The van der Waals surface area contributed by atoms with E-state index in [1.54, 1.807) is 0 Å². The van der Waals surface area contributed by atoms with Gasteiger partial charge in [0.2, 0.25) is 0 Å². The Kier molecular flexibility index (Phi) is 2.27. The van der Waals surface area contributed by atoms with E-state index in [4.69, 9.17) is 10.8 Å². The van der Waals surface area contributed by atoms with Gasteiger partial charge in [-0.1, -0.05) is 0 Å². The van der Waals surface area contributed by atoms with Gasteiger partial charge in [-0.05, 0) is 13.0 Å². The van der Waals surface area contributed by atoms with Crippen LogP contribution in [0.1, 0.15) is 27.6 Å². The van der Waals surface area contributed by atoms with E-state index in [0.717, 1.165) is 0 Å². The number of ketones is 1. The Morgan fingerprint density at radius 3 is 2.54 bits per heavy atom. The maximum Gasteiger partial charge on any atom is 0.340 e. The van der Waals surface area contributed by atoms with E-state index in [0.29, 0.717) is 0 Å². The third-order valence-corrected chi connectivity index (χ3v) is 1.57.